The second kappa shape index (κ2) is 5.08. The molecular formula is C14H20N2O2. The van der Waals surface area contributed by atoms with Gasteiger partial charge in [-0.25, -0.2) is 0 Å². The first kappa shape index (κ1) is 13.1. The lowest BCUT2D eigenvalue weighted by molar-refractivity contribution is -0.128. The highest BCUT2D eigenvalue weighted by molar-refractivity contribution is 5.92. The number of hydrogen-bond donors (Lipinski definition) is 2. The van der Waals surface area contributed by atoms with Crippen LogP contribution in [0.2, 0.25) is 0 Å². The largest absolute Gasteiger partial charge is 0.387 e. The predicted octanol–water partition coefficient (Wildman–Crippen LogP) is 1.39. The third-order valence-electron chi connectivity index (χ3n) is 3.40. The Kier molecular flexibility index (Phi) is 3.68. The van der Waals surface area contributed by atoms with E-state index in [1.807, 2.05) is 43.0 Å². The minimum absolute atomic E-state index is 0.0305. The summed E-state index contributed by atoms with van der Waals surface area (Å²) in [6.45, 7) is 5.49. The lowest BCUT2D eigenvalue weighted by Gasteiger charge is -2.45. The van der Waals surface area contributed by atoms with Crippen LogP contribution < -0.4 is 5.32 Å². The van der Waals surface area contributed by atoms with Gasteiger partial charge in [-0.15, -0.1) is 0 Å². The highest BCUT2D eigenvalue weighted by Crippen LogP contribution is 2.23. The van der Waals surface area contributed by atoms with Gasteiger partial charge in [-0.3, -0.25) is 9.69 Å². The number of carbonyl (C=O) groups is 1. The zero-order valence-electron chi connectivity index (χ0n) is 10.9. The zero-order valence-corrected chi connectivity index (χ0v) is 10.9. The van der Waals surface area contributed by atoms with Gasteiger partial charge >= 0.3 is 0 Å². The minimum Gasteiger partial charge on any atom is -0.387 e. The number of likely N-dealkylation sites (tertiary alicyclic amines) is 1. The van der Waals surface area contributed by atoms with Crippen molar-refractivity contribution in [1.29, 1.82) is 0 Å². The minimum atomic E-state index is -0.579. The van der Waals surface area contributed by atoms with Crippen molar-refractivity contribution in [3.63, 3.8) is 0 Å². The molecule has 2 rings (SSSR count). The van der Waals surface area contributed by atoms with Crippen LogP contribution >= 0.6 is 0 Å². The van der Waals surface area contributed by atoms with Crippen LogP contribution in [0.3, 0.4) is 0 Å². The Morgan fingerprint density at radius 1 is 1.39 bits per heavy atom. The molecule has 4 nitrogen and oxygen atoms in total. The summed E-state index contributed by atoms with van der Waals surface area (Å²) < 4.78 is 0. The van der Waals surface area contributed by atoms with E-state index in [1.54, 1.807) is 0 Å². The Balaban J connectivity index is 1.78. The van der Waals surface area contributed by atoms with E-state index < -0.39 is 5.60 Å². The fourth-order valence-corrected chi connectivity index (χ4v) is 2.16. The van der Waals surface area contributed by atoms with Gasteiger partial charge in [0.05, 0.1) is 12.1 Å². The fraction of sp³-hybridized carbons (Fsp3) is 0.500. The van der Waals surface area contributed by atoms with Crippen LogP contribution in [-0.2, 0) is 4.79 Å². The van der Waals surface area contributed by atoms with Crippen molar-refractivity contribution in [2.45, 2.75) is 25.9 Å². The highest BCUT2D eigenvalue weighted by atomic mass is 16.3. The van der Waals surface area contributed by atoms with Crippen molar-refractivity contribution in [2.75, 3.05) is 25.0 Å². The van der Waals surface area contributed by atoms with Gasteiger partial charge in [0.2, 0.25) is 5.91 Å². The molecule has 0 unspecified atom stereocenters. The van der Waals surface area contributed by atoms with E-state index in [0.717, 1.165) is 12.1 Å². The fourth-order valence-electron chi connectivity index (χ4n) is 2.16. The molecule has 1 aromatic carbocycles. The number of aliphatic hydroxyl groups is 1. The summed E-state index contributed by atoms with van der Waals surface area (Å²) in [4.78, 5) is 13.7. The first-order valence-electron chi connectivity index (χ1n) is 6.32. The van der Waals surface area contributed by atoms with Crippen molar-refractivity contribution >= 4 is 11.6 Å². The molecule has 98 valence electrons. The summed E-state index contributed by atoms with van der Waals surface area (Å²) >= 11 is 0. The smallest absolute Gasteiger partial charge is 0.238 e. The Bertz CT molecular complexity index is 422. The highest BCUT2D eigenvalue weighted by Gasteiger charge is 2.39. The number of hydrogen-bond acceptors (Lipinski definition) is 3. The van der Waals surface area contributed by atoms with Gasteiger partial charge in [0.15, 0.2) is 0 Å². The molecule has 0 radical (unpaired) electrons. The molecule has 0 saturated carbocycles. The van der Waals surface area contributed by atoms with Crippen LogP contribution in [0, 0.1) is 6.92 Å². The van der Waals surface area contributed by atoms with Crippen LogP contribution in [0.4, 0.5) is 5.69 Å². The molecule has 0 aliphatic carbocycles. The summed E-state index contributed by atoms with van der Waals surface area (Å²) in [7, 11) is 0. The van der Waals surface area contributed by atoms with E-state index in [-0.39, 0.29) is 5.91 Å². The number of rotatable bonds is 4. The number of carbonyl (C=O) groups excluding carboxylic acids is 1. The Morgan fingerprint density at radius 3 is 2.56 bits per heavy atom. The lowest BCUT2D eigenvalue weighted by atomic mass is 9.91. The summed E-state index contributed by atoms with van der Waals surface area (Å²) in [5, 5.41) is 12.7. The average Bonchev–Trinajstić information content (AvgIpc) is 2.30. The number of nitrogens with one attached hydrogen (secondary N) is 1. The van der Waals surface area contributed by atoms with Crippen molar-refractivity contribution in [3.05, 3.63) is 29.8 Å². The standard InChI is InChI=1S/C14H20N2O2/c1-3-14(18)9-16(10-14)8-13(17)15-12-6-4-11(2)5-7-12/h4-7,18H,3,8-10H2,1-2H3,(H,15,17). The summed E-state index contributed by atoms with van der Waals surface area (Å²) in [5.41, 5.74) is 1.41. The van der Waals surface area contributed by atoms with Crippen LogP contribution in [0.5, 0.6) is 0 Å². The normalized spacial score (nSPS) is 18.2. The molecule has 0 aromatic heterocycles. The van der Waals surface area contributed by atoms with E-state index in [9.17, 15) is 9.90 Å². The maximum absolute atomic E-state index is 11.8. The van der Waals surface area contributed by atoms with E-state index in [4.69, 9.17) is 0 Å². The molecule has 1 fully saturated rings. The molecule has 2 N–H and O–H groups in total. The predicted molar refractivity (Wildman–Crippen MR) is 71.5 cm³/mol. The van der Waals surface area contributed by atoms with E-state index in [2.05, 4.69) is 5.32 Å². The van der Waals surface area contributed by atoms with Crippen LogP contribution in [0.1, 0.15) is 18.9 Å². The third kappa shape index (κ3) is 3.09. The molecule has 18 heavy (non-hydrogen) atoms. The van der Waals surface area contributed by atoms with Gasteiger partial charge < -0.3 is 10.4 Å². The van der Waals surface area contributed by atoms with Crippen LogP contribution in [0.15, 0.2) is 24.3 Å². The maximum atomic E-state index is 11.8. The maximum Gasteiger partial charge on any atom is 0.238 e. The van der Waals surface area contributed by atoms with Crippen molar-refractivity contribution in [2.24, 2.45) is 0 Å². The number of anilines is 1. The molecule has 1 aromatic rings. The summed E-state index contributed by atoms with van der Waals surface area (Å²) in [6.07, 6.45) is 0.739. The van der Waals surface area contributed by atoms with E-state index in [0.29, 0.717) is 19.6 Å². The molecule has 1 saturated heterocycles. The van der Waals surface area contributed by atoms with Gasteiger partial charge in [0, 0.05) is 18.8 Å². The molecule has 1 aliphatic rings. The van der Waals surface area contributed by atoms with E-state index in [1.165, 1.54) is 5.56 Å². The van der Waals surface area contributed by atoms with Gasteiger partial charge in [0.1, 0.15) is 0 Å². The van der Waals surface area contributed by atoms with E-state index >= 15 is 0 Å². The SMILES string of the molecule is CCC1(O)CN(CC(=O)Nc2ccc(C)cc2)C1. The van der Waals surface area contributed by atoms with Gasteiger partial charge in [-0.2, -0.15) is 0 Å². The van der Waals surface area contributed by atoms with Gasteiger partial charge in [-0.1, -0.05) is 24.6 Å². The second-order valence-electron chi connectivity index (χ2n) is 5.14. The molecule has 0 bridgehead atoms. The van der Waals surface area contributed by atoms with Crippen LogP contribution in [0.25, 0.3) is 0 Å². The Labute approximate surface area is 108 Å². The summed E-state index contributed by atoms with van der Waals surface area (Å²) in [6, 6.07) is 7.72. The number of amides is 1. The number of nitrogens with zero attached hydrogens (tertiary/aromatic N) is 1. The molecule has 0 atom stereocenters. The molecule has 1 amide bonds. The monoisotopic (exact) mass is 248 g/mol. The first-order chi connectivity index (χ1) is 8.50. The molecule has 0 spiro atoms. The topological polar surface area (TPSA) is 52.6 Å². The second-order valence-corrected chi connectivity index (χ2v) is 5.14. The first-order valence-corrected chi connectivity index (χ1v) is 6.32. The van der Waals surface area contributed by atoms with Gasteiger partial charge in [0.25, 0.3) is 0 Å². The van der Waals surface area contributed by atoms with Crippen molar-refractivity contribution in [1.82, 2.24) is 4.90 Å². The average molecular weight is 248 g/mol. The van der Waals surface area contributed by atoms with Gasteiger partial charge in [-0.05, 0) is 25.5 Å². The number of benzene rings is 1. The summed E-state index contributed by atoms with van der Waals surface area (Å²) in [5.74, 6) is -0.0305. The number of β-amino-alcohol motifs (C(OH)–C–C–N with tert-alkyl or cyclic N) is 1. The Hall–Kier alpha value is -1.39. The molecule has 1 heterocycles. The zero-order chi connectivity index (χ0) is 13.2. The third-order valence-corrected chi connectivity index (χ3v) is 3.40. The molecule has 4 heteroatoms. The van der Waals surface area contributed by atoms with Crippen molar-refractivity contribution in [3.8, 4) is 0 Å². The number of aryl methyl sites for hydroxylation is 1. The lowest BCUT2D eigenvalue weighted by Crippen LogP contribution is -2.62. The molecular weight excluding hydrogens is 228 g/mol. The quantitative estimate of drug-likeness (QED) is 0.846. The van der Waals surface area contributed by atoms with Crippen LogP contribution in [-0.4, -0.2) is 41.1 Å². The molecule has 1 aliphatic heterocycles. The Morgan fingerprint density at radius 2 is 2.00 bits per heavy atom. The van der Waals surface area contributed by atoms with Crippen molar-refractivity contribution < 1.29 is 9.90 Å².